The van der Waals surface area contributed by atoms with Crippen LogP contribution in [-0.2, 0) is 14.3 Å². The first-order chi connectivity index (χ1) is 13.7. The molecule has 9 heteroatoms. The molecule has 4 aliphatic rings. The van der Waals surface area contributed by atoms with E-state index in [9.17, 15) is 18.0 Å². The van der Waals surface area contributed by atoms with E-state index in [0.29, 0.717) is 12.0 Å². The quantitative estimate of drug-likeness (QED) is 0.757. The maximum atomic E-state index is 12.5. The molecule has 166 valence electrons. The number of amides is 1. The van der Waals surface area contributed by atoms with Gasteiger partial charge in [0.1, 0.15) is 0 Å². The lowest BCUT2D eigenvalue weighted by Gasteiger charge is -2.39. The summed E-state index contributed by atoms with van der Waals surface area (Å²) in [4.78, 5) is 26.3. The van der Waals surface area contributed by atoms with Crippen molar-refractivity contribution < 1.29 is 32.6 Å². The molecule has 4 fully saturated rings. The predicted octanol–water partition coefficient (Wildman–Crippen LogP) is 3.06. The molecular formula is C20H31F3N2O4. The fourth-order valence-corrected chi connectivity index (χ4v) is 4.76. The summed E-state index contributed by atoms with van der Waals surface area (Å²) >= 11 is 0. The molecule has 3 heterocycles. The Morgan fingerprint density at radius 2 is 1.83 bits per heavy atom. The van der Waals surface area contributed by atoms with Crippen LogP contribution in [-0.4, -0.2) is 77.4 Å². The van der Waals surface area contributed by atoms with Crippen molar-refractivity contribution in [2.24, 2.45) is 5.92 Å². The smallest absolute Gasteiger partial charge is 0.475 e. The first kappa shape index (κ1) is 22.3. The van der Waals surface area contributed by atoms with Gasteiger partial charge in [-0.3, -0.25) is 4.79 Å². The molecule has 3 saturated heterocycles. The summed E-state index contributed by atoms with van der Waals surface area (Å²) < 4.78 is 37.5. The Morgan fingerprint density at radius 3 is 2.41 bits per heavy atom. The molecule has 1 N–H and O–H groups in total. The molecule has 0 aromatic heterocycles. The van der Waals surface area contributed by atoms with Crippen LogP contribution in [0.5, 0.6) is 0 Å². The van der Waals surface area contributed by atoms with Crippen LogP contribution in [0.3, 0.4) is 0 Å². The number of rotatable bonds is 4. The number of nitrogens with zero attached hydrogens (tertiary/aromatic N) is 2. The highest BCUT2D eigenvalue weighted by Crippen LogP contribution is 2.40. The highest BCUT2D eigenvalue weighted by Gasteiger charge is 2.46. The third-order valence-corrected chi connectivity index (χ3v) is 6.55. The Balaban J connectivity index is 0.000000298. The lowest BCUT2D eigenvalue weighted by molar-refractivity contribution is -0.192. The Hall–Kier alpha value is -1.35. The number of ether oxygens (including phenoxy) is 1. The Morgan fingerprint density at radius 1 is 1.10 bits per heavy atom. The van der Waals surface area contributed by atoms with Gasteiger partial charge in [0, 0.05) is 38.2 Å². The topological polar surface area (TPSA) is 70.1 Å². The highest BCUT2D eigenvalue weighted by molar-refractivity contribution is 5.79. The van der Waals surface area contributed by atoms with E-state index in [-0.39, 0.29) is 5.54 Å². The monoisotopic (exact) mass is 420 g/mol. The van der Waals surface area contributed by atoms with Crippen molar-refractivity contribution in [3.63, 3.8) is 0 Å². The molecule has 3 aliphatic heterocycles. The van der Waals surface area contributed by atoms with E-state index >= 15 is 0 Å². The molecule has 4 rings (SSSR count). The highest BCUT2D eigenvalue weighted by atomic mass is 19.4. The summed E-state index contributed by atoms with van der Waals surface area (Å²) in [6.45, 7) is 5.46. The van der Waals surface area contributed by atoms with Gasteiger partial charge < -0.3 is 19.6 Å². The molecule has 0 bridgehead atoms. The lowest BCUT2D eigenvalue weighted by atomic mass is 9.87. The molecule has 2 unspecified atom stereocenters. The van der Waals surface area contributed by atoms with E-state index < -0.39 is 12.1 Å². The second kappa shape index (κ2) is 9.20. The molecule has 1 amide bonds. The van der Waals surface area contributed by atoms with Crippen LogP contribution in [0.1, 0.15) is 57.8 Å². The molecule has 0 radical (unpaired) electrons. The molecule has 0 aromatic rings. The second-order valence-electron chi connectivity index (χ2n) is 8.76. The van der Waals surface area contributed by atoms with Crippen molar-refractivity contribution in [1.82, 2.24) is 9.80 Å². The summed E-state index contributed by atoms with van der Waals surface area (Å²) in [6, 6.07) is 0. The zero-order chi connectivity index (χ0) is 21.1. The number of likely N-dealkylation sites (tertiary alicyclic amines) is 2. The third kappa shape index (κ3) is 6.07. The van der Waals surface area contributed by atoms with Crippen LogP contribution < -0.4 is 0 Å². The van der Waals surface area contributed by atoms with Crippen LogP contribution in [0.4, 0.5) is 13.2 Å². The first-order valence-corrected chi connectivity index (χ1v) is 10.6. The zero-order valence-electron chi connectivity index (χ0n) is 16.8. The first-order valence-electron chi connectivity index (χ1n) is 10.6. The van der Waals surface area contributed by atoms with Gasteiger partial charge in [-0.1, -0.05) is 0 Å². The number of carboxylic acids is 1. The number of aliphatic carboxylic acids is 1. The van der Waals surface area contributed by atoms with Gasteiger partial charge in [0.05, 0.1) is 6.10 Å². The Bertz CT molecular complexity index is 591. The number of carbonyl (C=O) groups is 2. The zero-order valence-corrected chi connectivity index (χ0v) is 16.8. The van der Waals surface area contributed by atoms with E-state index in [1.165, 1.54) is 51.7 Å². The van der Waals surface area contributed by atoms with Crippen molar-refractivity contribution in [2.75, 3.05) is 32.8 Å². The minimum Gasteiger partial charge on any atom is -0.475 e. The summed E-state index contributed by atoms with van der Waals surface area (Å²) in [5, 5.41) is 7.12. The van der Waals surface area contributed by atoms with Crippen LogP contribution in [0, 0.1) is 5.92 Å². The normalized spacial score (nSPS) is 30.9. The molecule has 2 atom stereocenters. The maximum Gasteiger partial charge on any atom is 0.490 e. The average molecular weight is 420 g/mol. The molecule has 6 nitrogen and oxygen atoms in total. The van der Waals surface area contributed by atoms with Crippen molar-refractivity contribution in [2.45, 2.75) is 75.6 Å². The standard InChI is InChI=1S/C18H30N2O2.C2HF3O2/c21-17-6-8-18(20(17)14-16-3-1-12-22-16)7-2-10-19(11-9-18)13-15-4-5-15;3-2(4,5)1(6)7/h15-16H,1-14H2;(H,6,7). The number of carbonyl (C=O) groups excluding carboxylic acids is 1. The molecule has 29 heavy (non-hydrogen) atoms. The fraction of sp³-hybridized carbons (Fsp3) is 0.900. The van der Waals surface area contributed by atoms with E-state index in [1.807, 2.05) is 0 Å². The van der Waals surface area contributed by atoms with E-state index in [0.717, 1.165) is 44.8 Å². The van der Waals surface area contributed by atoms with Crippen LogP contribution in [0.25, 0.3) is 0 Å². The van der Waals surface area contributed by atoms with Gasteiger partial charge in [-0.05, 0) is 63.8 Å². The van der Waals surface area contributed by atoms with Gasteiger partial charge in [0.2, 0.25) is 5.91 Å². The number of hydrogen-bond donors (Lipinski definition) is 1. The number of alkyl halides is 3. The third-order valence-electron chi connectivity index (χ3n) is 6.55. The molecule has 1 aliphatic carbocycles. The van der Waals surface area contributed by atoms with E-state index in [1.54, 1.807) is 0 Å². The number of hydrogen-bond acceptors (Lipinski definition) is 4. The second-order valence-corrected chi connectivity index (χ2v) is 8.76. The van der Waals surface area contributed by atoms with E-state index in [2.05, 4.69) is 9.80 Å². The van der Waals surface area contributed by atoms with Gasteiger partial charge in [-0.25, -0.2) is 4.79 Å². The van der Waals surface area contributed by atoms with Gasteiger partial charge in [0.25, 0.3) is 0 Å². The van der Waals surface area contributed by atoms with Crippen LogP contribution >= 0.6 is 0 Å². The summed E-state index contributed by atoms with van der Waals surface area (Å²) in [6.07, 6.45) is 5.85. The fourth-order valence-electron chi connectivity index (χ4n) is 4.76. The van der Waals surface area contributed by atoms with E-state index in [4.69, 9.17) is 14.6 Å². The predicted molar refractivity (Wildman–Crippen MR) is 99.4 cm³/mol. The van der Waals surface area contributed by atoms with Gasteiger partial charge in [-0.2, -0.15) is 13.2 Å². The SMILES string of the molecule is O=C(O)C(F)(F)F.O=C1CCC2(CCCN(CC3CC3)CC2)N1CC1CCCO1. The largest absolute Gasteiger partial charge is 0.490 e. The summed E-state index contributed by atoms with van der Waals surface area (Å²) in [7, 11) is 0. The van der Waals surface area contributed by atoms with Crippen molar-refractivity contribution in [3.05, 3.63) is 0 Å². The van der Waals surface area contributed by atoms with Gasteiger partial charge in [0.15, 0.2) is 0 Å². The Kier molecular flexibility index (Phi) is 7.09. The average Bonchev–Trinajstić information content (AvgIpc) is 3.28. The number of carboxylic acid groups (broad SMARTS) is 1. The van der Waals surface area contributed by atoms with Gasteiger partial charge in [-0.15, -0.1) is 0 Å². The van der Waals surface area contributed by atoms with Crippen LogP contribution in [0.15, 0.2) is 0 Å². The summed E-state index contributed by atoms with van der Waals surface area (Å²) in [5.41, 5.74) is 0.154. The number of halogens is 3. The van der Waals surface area contributed by atoms with Crippen LogP contribution in [0.2, 0.25) is 0 Å². The van der Waals surface area contributed by atoms with Crippen molar-refractivity contribution in [3.8, 4) is 0 Å². The minimum atomic E-state index is -5.08. The van der Waals surface area contributed by atoms with Gasteiger partial charge >= 0.3 is 12.1 Å². The van der Waals surface area contributed by atoms with Crippen molar-refractivity contribution in [1.29, 1.82) is 0 Å². The molecular weight excluding hydrogens is 389 g/mol. The Labute approximate surface area is 169 Å². The molecule has 1 spiro atoms. The molecule has 1 saturated carbocycles. The maximum absolute atomic E-state index is 12.5. The lowest BCUT2D eigenvalue weighted by Crippen LogP contribution is -2.49. The minimum absolute atomic E-state index is 0.154. The van der Waals surface area contributed by atoms with Crippen molar-refractivity contribution >= 4 is 11.9 Å². The molecule has 0 aromatic carbocycles. The summed E-state index contributed by atoms with van der Waals surface area (Å²) in [5.74, 6) is -1.40.